The van der Waals surface area contributed by atoms with Crippen molar-refractivity contribution in [3.05, 3.63) is 50.5 Å². The van der Waals surface area contributed by atoms with E-state index in [4.69, 9.17) is 28.3 Å². The van der Waals surface area contributed by atoms with Crippen LogP contribution < -0.4 is 0 Å². The molecule has 0 radical (unpaired) electrons. The lowest BCUT2D eigenvalue weighted by atomic mass is 10.2. The molecular weight excluding hydrogens is 381 g/mol. The van der Waals surface area contributed by atoms with E-state index >= 15 is 0 Å². The number of hydrogen-bond acceptors (Lipinski definition) is 3. The third-order valence-electron chi connectivity index (χ3n) is 2.90. The van der Waals surface area contributed by atoms with E-state index in [1.807, 2.05) is 0 Å². The summed E-state index contributed by atoms with van der Waals surface area (Å²) in [5, 5.41) is 17.8. The first kappa shape index (κ1) is 14.3. The number of aromatic nitrogens is 3. The molecule has 8 heteroatoms. The van der Waals surface area contributed by atoms with Crippen molar-refractivity contribution in [3.8, 4) is 11.4 Å². The summed E-state index contributed by atoms with van der Waals surface area (Å²) in [6.07, 6.45) is 1.41. The lowest BCUT2D eigenvalue weighted by molar-refractivity contribution is 0.0696. The Morgan fingerprint density at radius 3 is 2.76 bits per heavy atom. The van der Waals surface area contributed by atoms with Crippen molar-refractivity contribution < 1.29 is 9.90 Å². The van der Waals surface area contributed by atoms with Crippen molar-refractivity contribution in [1.82, 2.24) is 14.6 Å². The van der Waals surface area contributed by atoms with Crippen LogP contribution in [-0.2, 0) is 0 Å². The summed E-state index contributed by atoms with van der Waals surface area (Å²) in [7, 11) is 0. The fourth-order valence-corrected chi connectivity index (χ4v) is 2.75. The minimum Gasteiger partial charge on any atom is -0.478 e. The second-order valence-corrected chi connectivity index (χ2v) is 5.84. The minimum absolute atomic E-state index is 0.0414. The van der Waals surface area contributed by atoms with Crippen molar-refractivity contribution in [2.75, 3.05) is 0 Å². The van der Waals surface area contributed by atoms with Crippen LogP contribution in [-0.4, -0.2) is 25.7 Å². The van der Waals surface area contributed by atoms with Crippen molar-refractivity contribution in [3.63, 3.8) is 0 Å². The summed E-state index contributed by atoms with van der Waals surface area (Å²) >= 11 is 15.6. The second kappa shape index (κ2) is 5.29. The zero-order valence-corrected chi connectivity index (χ0v) is 13.3. The Bertz CT molecular complexity index is 879. The van der Waals surface area contributed by atoms with Crippen molar-refractivity contribution >= 4 is 50.7 Å². The van der Waals surface area contributed by atoms with Gasteiger partial charge in [-0.3, -0.25) is 4.40 Å². The predicted octanol–water partition coefficient (Wildman–Crippen LogP) is 4.16. The highest BCUT2D eigenvalue weighted by Gasteiger charge is 2.17. The fourth-order valence-electron chi connectivity index (χ4n) is 1.93. The van der Waals surface area contributed by atoms with Crippen LogP contribution in [0.2, 0.25) is 10.0 Å². The van der Waals surface area contributed by atoms with Gasteiger partial charge in [-0.2, -0.15) is 0 Å². The number of pyridine rings is 1. The molecule has 1 aromatic carbocycles. The van der Waals surface area contributed by atoms with E-state index in [0.29, 0.717) is 26.5 Å². The number of benzene rings is 1. The van der Waals surface area contributed by atoms with Gasteiger partial charge in [-0.05, 0) is 34.1 Å². The molecule has 0 unspecified atom stereocenters. The third-order valence-corrected chi connectivity index (χ3v) is 4.47. The average Bonchev–Trinajstić information content (AvgIpc) is 2.86. The monoisotopic (exact) mass is 385 g/mol. The lowest BCUT2D eigenvalue weighted by Gasteiger charge is -2.05. The van der Waals surface area contributed by atoms with Crippen molar-refractivity contribution in [2.45, 2.75) is 0 Å². The molecule has 3 aromatic rings. The number of rotatable bonds is 2. The van der Waals surface area contributed by atoms with Crippen LogP contribution in [0.15, 0.2) is 34.9 Å². The van der Waals surface area contributed by atoms with Gasteiger partial charge < -0.3 is 5.11 Å². The van der Waals surface area contributed by atoms with Gasteiger partial charge in [0.1, 0.15) is 0 Å². The molecule has 0 aliphatic heterocycles. The van der Waals surface area contributed by atoms with E-state index in [9.17, 15) is 4.79 Å². The molecule has 3 rings (SSSR count). The van der Waals surface area contributed by atoms with Crippen molar-refractivity contribution in [2.24, 2.45) is 0 Å². The van der Waals surface area contributed by atoms with Crippen molar-refractivity contribution in [1.29, 1.82) is 0 Å². The fraction of sp³-hybridized carbons (Fsp3) is 0. The molecule has 0 spiro atoms. The SMILES string of the molecule is O=C(O)c1cc(Cl)c2nnc(-c3cccc(Br)c3Cl)n2c1. The molecule has 0 aliphatic rings. The maximum Gasteiger partial charge on any atom is 0.337 e. The number of nitrogens with zero attached hydrogens (tertiary/aromatic N) is 3. The quantitative estimate of drug-likeness (QED) is 0.717. The predicted molar refractivity (Wildman–Crippen MR) is 83.1 cm³/mol. The number of hydrogen-bond donors (Lipinski definition) is 1. The summed E-state index contributed by atoms with van der Waals surface area (Å²) in [6, 6.07) is 6.70. The Hall–Kier alpha value is -1.63. The molecule has 1 N–H and O–H groups in total. The molecule has 0 saturated carbocycles. The van der Waals surface area contributed by atoms with Gasteiger partial charge >= 0.3 is 5.97 Å². The molecule has 2 aromatic heterocycles. The first-order valence-corrected chi connectivity index (χ1v) is 7.26. The van der Waals surface area contributed by atoms with E-state index in [2.05, 4.69) is 26.1 Å². The maximum atomic E-state index is 11.1. The van der Waals surface area contributed by atoms with Gasteiger partial charge in [-0.1, -0.05) is 29.3 Å². The van der Waals surface area contributed by atoms with Crippen LogP contribution in [0.5, 0.6) is 0 Å². The highest BCUT2D eigenvalue weighted by molar-refractivity contribution is 9.10. The summed E-state index contributed by atoms with van der Waals surface area (Å²) < 4.78 is 2.22. The molecule has 21 heavy (non-hydrogen) atoms. The number of carboxylic acid groups (broad SMARTS) is 1. The topological polar surface area (TPSA) is 67.5 Å². The molecule has 0 atom stereocenters. The van der Waals surface area contributed by atoms with Gasteiger partial charge in [-0.25, -0.2) is 4.79 Å². The van der Waals surface area contributed by atoms with Crippen LogP contribution in [0.4, 0.5) is 0 Å². The van der Waals surface area contributed by atoms with Crippen LogP contribution in [0.3, 0.4) is 0 Å². The second-order valence-electron chi connectivity index (χ2n) is 4.20. The molecular formula is C13H6BrCl2N3O2. The Labute approximate surface area is 137 Å². The van der Waals surface area contributed by atoms with Gasteiger partial charge in [-0.15, -0.1) is 10.2 Å². The van der Waals surface area contributed by atoms with Crippen LogP contribution >= 0.6 is 39.1 Å². The zero-order chi connectivity index (χ0) is 15.1. The van der Waals surface area contributed by atoms with Gasteiger partial charge in [0.2, 0.25) is 0 Å². The third kappa shape index (κ3) is 2.39. The van der Waals surface area contributed by atoms with Gasteiger partial charge in [0.25, 0.3) is 0 Å². The van der Waals surface area contributed by atoms with Gasteiger partial charge in [0, 0.05) is 16.2 Å². The molecule has 5 nitrogen and oxygen atoms in total. The molecule has 0 saturated heterocycles. The number of carboxylic acids is 1. The van der Waals surface area contributed by atoms with Crippen LogP contribution in [0.25, 0.3) is 17.0 Å². The Kier molecular flexibility index (Phi) is 3.61. The normalized spacial score (nSPS) is 11.0. The smallest absolute Gasteiger partial charge is 0.337 e. The summed E-state index contributed by atoms with van der Waals surface area (Å²) in [5.41, 5.74) is 1.03. The summed E-state index contributed by atoms with van der Waals surface area (Å²) in [5.74, 6) is -0.667. The van der Waals surface area contributed by atoms with E-state index in [0.717, 1.165) is 0 Å². The summed E-state index contributed by atoms with van der Waals surface area (Å²) in [4.78, 5) is 11.1. The molecule has 0 amide bonds. The Balaban J connectivity index is 2.33. The van der Waals surface area contributed by atoms with E-state index in [-0.39, 0.29) is 10.6 Å². The van der Waals surface area contributed by atoms with E-state index in [1.165, 1.54) is 16.7 Å². The number of aromatic carboxylic acids is 1. The van der Waals surface area contributed by atoms with Gasteiger partial charge in [0.15, 0.2) is 11.5 Å². The highest BCUT2D eigenvalue weighted by Crippen LogP contribution is 2.33. The van der Waals surface area contributed by atoms with Crippen LogP contribution in [0.1, 0.15) is 10.4 Å². The first-order valence-electron chi connectivity index (χ1n) is 5.71. The summed E-state index contributed by atoms with van der Waals surface area (Å²) in [6.45, 7) is 0. The van der Waals surface area contributed by atoms with E-state index in [1.54, 1.807) is 18.2 Å². The number of fused-ring (bicyclic) bond motifs is 1. The molecule has 2 heterocycles. The molecule has 0 aliphatic carbocycles. The lowest BCUT2D eigenvalue weighted by Crippen LogP contribution is -2.00. The largest absolute Gasteiger partial charge is 0.478 e. The Morgan fingerprint density at radius 1 is 1.29 bits per heavy atom. The minimum atomic E-state index is -1.08. The van der Waals surface area contributed by atoms with E-state index < -0.39 is 5.97 Å². The van der Waals surface area contributed by atoms with Gasteiger partial charge in [0.05, 0.1) is 15.6 Å². The standard InChI is InChI=1S/C13H6BrCl2N3O2/c14-8-3-1-2-7(10(8)16)11-17-18-12-9(15)4-6(13(20)21)5-19(11)12/h1-5H,(H,20,21). The molecule has 0 bridgehead atoms. The maximum absolute atomic E-state index is 11.1. The average molecular weight is 387 g/mol. The molecule has 0 fully saturated rings. The van der Waals surface area contributed by atoms with Crippen LogP contribution in [0, 0.1) is 0 Å². The molecule has 106 valence electrons. The zero-order valence-electron chi connectivity index (χ0n) is 10.2. The Morgan fingerprint density at radius 2 is 2.05 bits per heavy atom. The first-order chi connectivity index (χ1) is 9.99. The number of halogens is 3. The number of carbonyl (C=O) groups is 1. The highest BCUT2D eigenvalue weighted by atomic mass is 79.9.